The summed E-state index contributed by atoms with van der Waals surface area (Å²) in [5.41, 5.74) is 5.70. The first-order valence-electron chi connectivity index (χ1n) is 8.36. The lowest BCUT2D eigenvalue weighted by Gasteiger charge is -2.09. The van der Waals surface area contributed by atoms with Gasteiger partial charge < -0.3 is 4.57 Å². The number of benzene rings is 2. The van der Waals surface area contributed by atoms with Gasteiger partial charge in [0.1, 0.15) is 11.6 Å². The molecule has 0 fully saturated rings. The molecule has 0 saturated heterocycles. The second-order valence-corrected chi connectivity index (χ2v) is 6.25. The van der Waals surface area contributed by atoms with Crippen molar-refractivity contribution >= 4 is 11.0 Å². The van der Waals surface area contributed by atoms with E-state index in [1.54, 1.807) is 24.5 Å². The van der Waals surface area contributed by atoms with Gasteiger partial charge in [-0.25, -0.2) is 9.37 Å². The third-order valence-corrected chi connectivity index (χ3v) is 4.69. The van der Waals surface area contributed by atoms with Crippen LogP contribution in [-0.4, -0.2) is 19.5 Å². The van der Waals surface area contributed by atoms with Gasteiger partial charge in [0, 0.05) is 36.5 Å². The predicted octanol–water partition coefficient (Wildman–Crippen LogP) is 4.25. The normalized spacial score (nSPS) is 13.3. The Hall–Kier alpha value is -3.08. The largest absolute Gasteiger partial charge is 0.327 e. The van der Waals surface area contributed by atoms with Crippen molar-refractivity contribution in [2.75, 3.05) is 0 Å². The second-order valence-electron chi connectivity index (χ2n) is 6.25. The SMILES string of the molecule is Fc1ccc(-c2nc3n(c2-c2ccc4nccnc4c2)CCC3)cc1. The van der Waals surface area contributed by atoms with Gasteiger partial charge in [0.25, 0.3) is 0 Å². The van der Waals surface area contributed by atoms with Gasteiger partial charge in [-0.1, -0.05) is 6.07 Å². The van der Waals surface area contributed by atoms with Gasteiger partial charge in [-0.3, -0.25) is 9.97 Å². The highest BCUT2D eigenvalue weighted by molar-refractivity contribution is 5.85. The standard InChI is InChI=1S/C20H15FN4/c21-15-6-3-13(4-7-15)19-20(25-11-1-2-18(25)24-19)14-5-8-16-17(12-14)23-10-9-22-16/h3-10,12H,1-2,11H2. The molecule has 0 atom stereocenters. The van der Waals surface area contributed by atoms with Crippen LogP contribution in [0.15, 0.2) is 54.9 Å². The van der Waals surface area contributed by atoms with Gasteiger partial charge in [-0.05, 0) is 42.8 Å². The van der Waals surface area contributed by atoms with Crippen LogP contribution < -0.4 is 0 Å². The summed E-state index contributed by atoms with van der Waals surface area (Å²) in [5.74, 6) is 0.853. The van der Waals surface area contributed by atoms with Crippen LogP contribution in [0.1, 0.15) is 12.2 Å². The molecule has 0 bridgehead atoms. The number of halogens is 1. The molecule has 2 aromatic heterocycles. The zero-order valence-corrected chi connectivity index (χ0v) is 13.5. The molecule has 0 N–H and O–H groups in total. The number of hydrogen-bond donors (Lipinski definition) is 0. The minimum absolute atomic E-state index is 0.238. The first kappa shape index (κ1) is 14.3. The number of hydrogen-bond acceptors (Lipinski definition) is 3. The van der Waals surface area contributed by atoms with Crippen molar-refractivity contribution < 1.29 is 4.39 Å². The highest BCUT2D eigenvalue weighted by Crippen LogP contribution is 2.36. The molecule has 122 valence electrons. The van der Waals surface area contributed by atoms with Gasteiger partial charge in [0.2, 0.25) is 0 Å². The fourth-order valence-electron chi connectivity index (χ4n) is 3.54. The van der Waals surface area contributed by atoms with Crippen LogP contribution in [0.5, 0.6) is 0 Å². The monoisotopic (exact) mass is 330 g/mol. The van der Waals surface area contributed by atoms with Crippen LogP contribution in [0, 0.1) is 5.82 Å². The summed E-state index contributed by atoms with van der Waals surface area (Å²) in [4.78, 5) is 13.6. The Kier molecular flexibility index (Phi) is 3.13. The number of rotatable bonds is 2. The third kappa shape index (κ3) is 2.31. The smallest absolute Gasteiger partial charge is 0.123 e. The maximum atomic E-state index is 13.3. The summed E-state index contributed by atoms with van der Waals surface area (Å²) in [5, 5.41) is 0. The zero-order valence-electron chi connectivity index (χ0n) is 13.5. The van der Waals surface area contributed by atoms with Crippen LogP contribution in [0.25, 0.3) is 33.5 Å². The lowest BCUT2D eigenvalue weighted by atomic mass is 10.0. The highest BCUT2D eigenvalue weighted by atomic mass is 19.1. The van der Waals surface area contributed by atoms with E-state index in [1.807, 2.05) is 6.07 Å². The Morgan fingerprint density at radius 3 is 2.48 bits per heavy atom. The van der Waals surface area contributed by atoms with E-state index in [0.717, 1.165) is 58.8 Å². The van der Waals surface area contributed by atoms with Crippen LogP contribution in [0.4, 0.5) is 4.39 Å². The molecule has 0 amide bonds. The number of nitrogens with zero attached hydrogens (tertiary/aromatic N) is 4. The molecule has 1 aliphatic rings. The summed E-state index contributed by atoms with van der Waals surface area (Å²) in [6, 6.07) is 12.6. The molecule has 0 spiro atoms. The second kappa shape index (κ2) is 5.48. The minimum atomic E-state index is -0.238. The first-order chi connectivity index (χ1) is 12.3. The summed E-state index contributed by atoms with van der Waals surface area (Å²) in [6.45, 7) is 0.956. The van der Waals surface area contributed by atoms with Crippen LogP contribution in [-0.2, 0) is 13.0 Å². The molecule has 0 unspecified atom stereocenters. The molecule has 3 heterocycles. The van der Waals surface area contributed by atoms with E-state index in [2.05, 4.69) is 26.7 Å². The first-order valence-corrected chi connectivity index (χ1v) is 8.36. The Labute approximate surface area is 144 Å². The fraction of sp³-hybridized carbons (Fsp3) is 0.150. The summed E-state index contributed by atoms with van der Waals surface area (Å²) >= 11 is 0. The van der Waals surface area contributed by atoms with E-state index < -0.39 is 0 Å². The minimum Gasteiger partial charge on any atom is -0.327 e. The Morgan fingerprint density at radius 2 is 1.64 bits per heavy atom. The van der Waals surface area contributed by atoms with Crippen LogP contribution in [0.3, 0.4) is 0 Å². The third-order valence-electron chi connectivity index (χ3n) is 4.69. The molecule has 4 nitrogen and oxygen atoms in total. The number of aryl methyl sites for hydroxylation is 1. The van der Waals surface area contributed by atoms with E-state index >= 15 is 0 Å². The Balaban J connectivity index is 1.75. The summed E-state index contributed by atoms with van der Waals surface area (Å²) in [6.07, 6.45) is 5.48. The van der Waals surface area contributed by atoms with Gasteiger partial charge in [-0.2, -0.15) is 0 Å². The van der Waals surface area contributed by atoms with Gasteiger partial charge in [0.15, 0.2) is 0 Å². The van der Waals surface area contributed by atoms with E-state index in [4.69, 9.17) is 4.98 Å². The molecular formula is C20H15FN4. The molecule has 5 heteroatoms. The zero-order chi connectivity index (χ0) is 16.8. The van der Waals surface area contributed by atoms with Crippen molar-refractivity contribution in [3.8, 4) is 22.5 Å². The molecule has 4 aromatic rings. The molecule has 0 radical (unpaired) electrons. The van der Waals surface area contributed by atoms with Crippen molar-refractivity contribution in [3.05, 3.63) is 66.5 Å². The summed E-state index contributed by atoms with van der Waals surface area (Å²) < 4.78 is 15.6. The fourth-order valence-corrected chi connectivity index (χ4v) is 3.54. The van der Waals surface area contributed by atoms with Crippen LogP contribution >= 0.6 is 0 Å². The number of aromatic nitrogens is 4. The van der Waals surface area contributed by atoms with Gasteiger partial charge >= 0.3 is 0 Å². The average molecular weight is 330 g/mol. The molecule has 1 aliphatic heterocycles. The van der Waals surface area contributed by atoms with Crippen molar-refractivity contribution in [2.24, 2.45) is 0 Å². The molecule has 0 saturated carbocycles. The van der Waals surface area contributed by atoms with Crippen molar-refractivity contribution in [2.45, 2.75) is 19.4 Å². The van der Waals surface area contributed by atoms with Crippen molar-refractivity contribution in [1.82, 2.24) is 19.5 Å². The maximum absolute atomic E-state index is 13.3. The topological polar surface area (TPSA) is 43.6 Å². The van der Waals surface area contributed by atoms with E-state index in [-0.39, 0.29) is 5.82 Å². The predicted molar refractivity (Wildman–Crippen MR) is 94.5 cm³/mol. The van der Waals surface area contributed by atoms with Crippen LogP contribution in [0.2, 0.25) is 0 Å². The molecule has 0 aliphatic carbocycles. The number of fused-ring (bicyclic) bond motifs is 2. The average Bonchev–Trinajstić information content (AvgIpc) is 3.23. The molecule has 2 aromatic carbocycles. The molecule has 25 heavy (non-hydrogen) atoms. The lowest BCUT2D eigenvalue weighted by Crippen LogP contribution is -1.97. The maximum Gasteiger partial charge on any atom is 0.123 e. The lowest BCUT2D eigenvalue weighted by molar-refractivity contribution is 0.628. The van der Waals surface area contributed by atoms with Gasteiger partial charge in [0.05, 0.1) is 22.4 Å². The molecular weight excluding hydrogens is 315 g/mol. The van der Waals surface area contributed by atoms with E-state index in [9.17, 15) is 4.39 Å². The van der Waals surface area contributed by atoms with Crippen molar-refractivity contribution in [3.63, 3.8) is 0 Å². The number of imidazole rings is 1. The Morgan fingerprint density at radius 1 is 0.880 bits per heavy atom. The van der Waals surface area contributed by atoms with E-state index in [0.29, 0.717) is 0 Å². The summed E-state index contributed by atoms with van der Waals surface area (Å²) in [7, 11) is 0. The molecule has 5 rings (SSSR count). The highest BCUT2D eigenvalue weighted by Gasteiger charge is 2.23. The van der Waals surface area contributed by atoms with Gasteiger partial charge in [-0.15, -0.1) is 0 Å². The van der Waals surface area contributed by atoms with Crippen molar-refractivity contribution in [1.29, 1.82) is 0 Å². The quantitative estimate of drug-likeness (QED) is 0.552. The Bertz CT molecular complexity index is 1080. The van der Waals surface area contributed by atoms with E-state index in [1.165, 1.54) is 12.1 Å².